The lowest BCUT2D eigenvalue weighted by atomic mass is 10.3. The van der Waals surface area contributed by atoms with E-state index in [0.717, 1.165) is 17.9 Å². The minimum absolute atomic E-state index is 0. The van der Waals surface area contributed by atoms with E-state index in [-0.39, 0.29) is 12.4 Å². The van der Waals surface area contributed by atoms with E-state index in [1.54, 1.807) is 0 Å². The molecule has 0 saturated carbocycles. The Kier molecular flexibility index (Phi) is 4.37. The monoisotopic (exact) mass is 184 g/mol. The molecule has 0 radical (unpaired) electrons. The molecule has 0 amide bonds. The Bertz CT molecular complexity index is 271. The van der Waals surface area contributed by atoms with Crippen molar-refractivity contribution >= 4 is 5.82 Å². The Morgan fingerprint density at radius 2 is 2.25 bits per heavy atom. The second kappa shape index (κ2) is 4.78. The van der Waals surface area contributed by atoms with Crippen molar-refractivity contribution in [2.75, 3.05) is 5.73 Å². The Hall–Kier alpha value is -1.02. The van der Waals surface area contributed by atoms with Gasteiger partial charge >= 0.3 is 0 Å². The lowest BCUT2D eigenvalue weighted by Gasteiger charge is -2.00. The summed E-state index contributed by atoms with van der Waals surface area (Å²) in [5, 5.41) is 0. The number of anilines is 1. The zero-order valence-corrected chi connectivity index (χ0v) is 7.88. The summed E-state index contributed by atoms with van der Waals surface area (Å²) in [5.41, 5.74) is 6.80. The molecule has 0 spiro atoms. The Morgan fingerprint density at radius 3 is 2.75 bits per heavy atom. The molecule has 1 rings (SSSR count). The summed E-state index contributed by atoms with van der Waals surface area (Å²) in [6.45, 7) is 6.60. The van der Waals surface area contributed by atoms with Gasteiger partial charge in [-0.25, -0.2) is 4.57 Å². The zero-order chi connectivity index (χ0) is 8.27. The lowest BCUT2D eigenvalue weighted by Crippen LogP contribution is -3.00. The molecule has 0 aliphatic heterocycles. The van der Waals surface area contributed by atoms with E-state index < -0.39 is 0 Å². The van der Waals surface area contributed by atoms with Crippen LogP contribution in [0.3, 0.4) is 0 Å². The van der Waals surface area contributed by atoms with Gasteiger partial charge in [0.2, 0.25) is 0 Å². The number of nitrogen functional groups attached to an aromatic ring is 1. The molecule has 66 valence electrons. The van der Waals surface area contributed by atoms with Gasteiger partial charge in [0.05, 0.1) is 6.20 Å². The predicted molar refractivity (Wildman–Crippen MR) is 45.9 cm³/mol. The lowest BCUT2D eigenvalue weighted by molar-refractivity contribution is -0.674. The number of hydrogen-bond donors (Lipinski definition) is 1. The molecule has 0 atom stereocenters. The molecule has 3 heteroatoms. The van der Waals surface area contributed by atoms with Crippen molar-refractivity contribution in [3.8, 4) is 0 Å². The van der Waals surface area contributed by atoms with E-state index >= 15 is 0 Å². The number of nitrogens with zero attached hydrogens (tertiary/aromatic N) is 1. The molecular formula is C9H13ClN2. The largest absolute Gasteiger partial charge is 1.00 e. The average Bonchev–Trinajstić information content (AvgIpc) is 1.93. The predicted octanol–water partition coefficient (Wildman–Crippen LogP) is -1.86. The van der Waals surface area contributed by atoms with Gasteiger partial charge in [0.15, 0.2) is 0 Å². The van der Waals surface area contributed by atoms with E-state index in [1.807, 2.05) is 35.9 Å². The van der Waals surface area contributed by atoms with Gasteiger partial charge in [0, 0.05) is 6.07 Å². The highest BCUT2D eigenvalue weighted by Crippen LogP contribution is 1.93. The minimum Gasteiger partial charge on any atom is -1.00 e. The molecule has 12 heavy (non-hydrogen) atoms. The van der Waals surface area contributed by atoms with Crippen molar-refractivity contribution in [3.05, 3.63) is 36.5 Å². The zero-order valence-electron chi connectivity index (χ0n) is 7.13. The number of rotatable bonds is 2. The molecule has 1 heterocycles. The SMILES string of the molecule is C=C(C)C[n+]1ccccc1N.[Cl-]. The third-order valence-electron chi connectivity index (χ3n) is 1.42. The highest BCUT2D eigenvalue weighted by Gasteiger charge is 2.00. The minimum atomic E-state index is 0. The van der Waals surface area contributed by atoms with Crippen LogP contribution >= 0.6 is 0 Å². The van der Waals surface area contributed by atoms with Crippen LogP contribution in [-0.2, 0) is 6.54 Å². The standard InChI is InChI=1S/C9H12N2.ClH/c1-8(2)7-11-6-4-3-5-9(11)10;/h3-6,10H,1,7H2,2H3;1H. The molecule has 0 bridgehead atoms. The fourth-order valence-corrected chi connectivity index (χ4v) is 0.924. The number of aromatic nitrogens is 1. The van der Waals surface area contributed by atoms with Gasteiger partial charge in [0.25, 0.3) is 5.82 Å². The number of halogens is 1. The second-order valence-electron chi connectivity index (χ2n) is 2.71. The molecule has 0 aliphatic carbocycles. The average molecular weight is 185 g/mol. The second-order valence-corrected chi connectivity index (χ2v) is 2.71. The van der Waals surface area contributed by atoms with Crippen LogP contribution in [0.1, 0.15) is 6.92 Å². The van der Waals surface area contributed by atoms with E-state index in [2.05, 4.69) is 6.58 Å². The first-order chi connectivity index (χ1) is 5.20. The van der Waals surface area contributed by atoms with Crippen molar-refractivity contribution in [2.24, 2.45) is 0 Å². The Morgan fingerprint density at radius 1 is 1.58 bits per heavy atom. The van der Waals surface area contributed by atoms with Gasteiger partial charge in [-0.15, -0.1) is 0 Å². The first kappa shape index (κ1) is 11.0. The molecular weight excluding hydrogens is 172 g/mol. The summed E-state index contributed by atoms with van der Waals surface area (Å²) >= 11 is 0. The summed E-state index contributed by atoms with van der Waals surface area (Å²) < 4.78 is 1.96. The maximum Gasteiger partial charge on any atom is 0.272 e. The fraction of sp³-hybridized carbons (Fsp3) is 0.222. The highest BCUT2D eigenvalue weighted by atomic mass is 35.5. The van der Waals surface area contributed by atoms with Gasteiger partial charge in [-0.3, -0.25) is 5.73 Å². The number of allylic oxidation sites excluding steroid dienone is 1. The van der Waals surface area contributed by atoms with Gasteiger partial charge in [-0.05, 0) is 18.6 Å². The first-order valence-electron chi connectivity index (χ1n) is 3.58. The Labute approximate surface area is 79.1 Å². The summed E-state index contributed by atoms with van der Waals surface area (Å²) in [6, 6.07) is 5.76. The van der Waals surface area contributed by atoms with E-state index in [1.165, 1.54) is 0 Å². The molecule has 0 saturated heterocycles. The van der Waals surface area contributed by atoms with Crippen LogP contribution in [0.4, 0.5) is 5.82 Å². The van der Waals surface area contributed by atoms with Gasteiger partial charge in [-0.1, -0.05) is 12.6 Å². The van der Waals surface area contributed by atoms with Gasteiger partial charge in [0.1, 0.15) is 6.54 Å². The first-order valence-corrected chi connectivity index (χ1v) is 3.58. The van der Waals surface area contributed by atoms with E-state index in [4.69, 9.17) is 5.73 Å². The maximum absolute atomic E-state index is 5.69. The highest BCUT2D eigenvalue weighted by molar-refractivity contribution is 5.18. The van der Waals surface area contributed by atoms with Crippen molar-refractivity contribution in [3.63, 3.8) is 0 Å². The molecule has 0 fully saturated rings. The maximum atomic E-state index is 5.69. The molecule has 1 aromatic rings. The van der Waals surface area contributed by atoms with Gasteiger partial charge in [-0.2, -0.15) is 0 Å². The Balaban J connectivity index is 0.00000121. The number of nitrogens with two attached hydrogens (primary N) is 1. The molecule has 2 N–H and O–H groups in total. The normalized spacial score (nSPS) is 8.75. The summed E-state index contributed by atoms with van der Waals surface area (Å²) in [6.07, 6.45) is 1.95. The van der Waals surface area contributed by atoms with Crippen LogP contribution in [0.5, 0.6) is 0 Å². The fourth-order valence-electron chi connectivity index (χ4n) is 0.924. The van der Waals surface area contributed by atoms with Crippen molar-refractivity contribution in [2.45, 2.75) is 13.5 Å². The molecule has 0 aromatic carbocycles. The topological polar surface area (TPSA) is 29.9 Å². The quantitative estimate of drug-likeness (QED) is 0.424. The van der Waals surface area contributed by atoms with E-state index in [0.29, 0.717) is 0 Å². The van der Waals surface area contributed by atoms with E-state index in [9.17, 15) is 0 Å². The smallest absolute Gasteiger partial charge is 0.272 e. The number of hydrogen-bond acceptors (Lipinski definition) is 1. The van der Waals surface area contributed by atoms with Crippen LogP contribution in [0.15, 0.2) is 36.5 Å². The van der Waals surface area contributed by atoms with Crippen molar-refractivity contribution in [1.29, 1.82) is 0 Å². The molecule has 2 nitrogen and oxygen atoms in total. The van der Waals surface area contributed by atoms with Gasteiger partial charge < -0.3 is 12.4 Å². The number of pyridine rings is 1. The molecule has 1 aromatic heterocycles. The van der Waals surface area contributed by atoms with Crippen molar-refractivity contribution < 1.29 is 17.0 Å². The molecule has 0 unspecified atom stereocenters. The third-order valence-corrected chi connectivity index (χ3v) is 1.42. The summed E-state index contributed by atoms with van der Waals surface area (Å²) in [4.78, 5) is 0. The van der Waals surface area contributed by atoms with Crippen LogP contribution in [0.25, 0.3) is 0 Å². The van der Waals surface area contributed by atoms with Crippen LogP contribution < -0.4 is 22.7 Å². The van der Waals surface area contributed by atoms with Crippen LogP contribution in [0, 0.1) is 0 Å². The molecule has 0 aliphatic rings. The summed E-state index contributed by atoms with van der Waals surface area (Å²) in [7, 11) is 0. The summed E-state index contributed by atoms with van der Waals surface area (Å²) in [5.74, 6) is 0.774. The third kappa shape index (κ3) is 2.93. The van der Waals surface area contributed by atoms with Crippen molar-refractivity contribution in [1.82, 2.24) is 0 Å². The van der Waals surface area contributed by atoms with Crippen LogP contribution in [0.2, 0.25) is 0 Å². The van der Waals surface area contributed by atoms with Crippen LogP contribution in [-0.4, -0.2) is 0 Å².